The number of nitrogens with one attached hydrogen (secondary N) is 4. The SMILES string of the molecule is CC(=N)NCCCC(NC(=O)C(Cc1ccc(-c2ccccc2)cc1)NC(=O)C(N)CCC(=O)O)C(=O)O. The molecule has 204 valence electrons. The van der Waals surface area contributed by atoms with Crippen LogP contribution in [0.1, 0.15) is 38.2 Å². The van der Waals surface area contributed by atoms with Crippen LogP contribution >= 0.6 is 0 Å². The second-order valence-electron chi connectivity index (χ2n) is 8.96. The molecule has 2 aromatic rings. The smallest absolute Gasteiger partial charge is 0.326 e. The quantitative estimate of drug-likeness (QED) is 0.103. The molecule has 8 N–H and O–H groups in total. The highest BCUT2D eigenvalue weighted by molar-refractivity contribution is 5.92. The Balaban J connectivity index is 2.15. The first-order valence-corrected chi connectivity index (χ1v) is 12.3. The fourth-order valence-electron chi connectivity index (χ4n) is 3.71. The summed E-state index contributed by atoms with van der Waals surface area (Å²) in [7, 11) is 0. The summed E-state index contributed by atoms with van der Waals surface area (Å²) in [6.45, 7) is 1.94. The molecule has 0 aliphatic carbocycles. The number of amidine groups is 1. The minimum absolute atomic E-state index is 0.0686. The van der Waals surface area contributed by atoms with Gasteiger partial charge in [-0.25, -0.2) is 4.79 Å². The Morgan fingerprint density at radius 2 is 1.47 bits per heavy atom. The van der Waals surface area contributed by atoms with Gasteiger partial charge in [0.15, 0.2) is 0 Å². The van der Waals surface area contributed by atoms with E-state index in [0.29, 0.717) is 13.0 Å². The monoisotopic (exact) mass is 525 g/mol. The zero-order valence-electron chi connectivity index (χ0n) is 21.3. The topological polar surface area (TPSA) is 195 Å². The summed E-state index contributed by atoms with van der Waals surface area (Å²) in [5, 5.41) is 33.7. The van der Waals surface area contributed by atoms with E-state index in [2.05, 4.69) is 16.0 Å². The van der Waals surface area contributed by atoms with Gasteiger partial charge in [-0.1, -0.05) is 54.6 Å². The Bertz CT molecular complexity index is 1110. The fraction of sp³-hybridized carbons (Fsp3) is 0.370. The average Bonchev–Trinajstić information content (AvgIpc) is 2.89. The second-order valence-corrected chi connectivity index (χ2v) is 8.96. The van der Waals surface area contributed by atoms with Gasteiger partial charge in [-0.05, 0) is 42.9 Å². The van der Waals surface area contributed by atoms with E-state index < -0.39 is 41.9 Å². The lowest BCUT2D eigenvalue weighted by Gasteiger charge is -2.23. The average molecular weight is 526 g/mol. The van der Waals surface area contributed by atoms with E-state index in [1.807, 2.05) is 54.6 Å². The number of benzene rings is 2. The molecule has 38 heavy (non-hydrogen) atoms. The lowest BCUT2D eigenvalue weighted by molar-refractivity contribution is -0.142. The van der Waals surface area contributed by atoms with Gasteiger partial charge in [0.25, 0.3) is 0 Å². The third-order valence-corrected chi connectivity index (χ3v) is 5.81. The lowest BCUT2D eigenvalue weighted by Crippen LogP contribution is -2.55. The van der Waals surface area contributed by atoms with Crippen molar-refractivity contribution >= 4 is 29.6 Å². The molecule has 11 nitrogen and oxygen atoms in total. The van der Waals surface area contributed by atoms with E-state index in [0.717, 1.165) is 16.7 Å². The van der Waals surface area contributed by atoms with Crippen molar-refractivity contribution in [2.24, 2.45) is 5.73 Å². The molecule has 0 saturated carbocycles. The van der Waals surface area contributed by atoms with Crippen molar-refractivity contribution in [3.63, 3.8) is 0 Å². The highest BCUT2D eigenvalue weighted by atomic mass is 16.4. The normalized spacial score (nSPS) is 13.0. The lowest BCUT2D eigenvalue weighted by atomic mass is 9.99. The van der Waals surface area contributed by atoms with Crippen LogP contribution in [0.4, 0.5) is 0 Å². The number of nitrogens with two attached hydrogens (primary N) is 1. The summed E-state index contributed by atoms with van der Waals surface area (Å²) in [6.07, 6.45) is 0.159. The van der Waals surface area contributed by atoms with Crippen LogP contribution < -0.4 is 21.7 Å². The summed E-state index contributed by atoms with van der Waals surface area (Å²) in [4.78, 5) is 48.4. The van der Waals surface area contributed by atoms with Crippen LogP contribution in [-0.4, -0.2) is 64.5 Å². The maximum Gasteiger partial charge on any atom is 0.326 e. The Kier molecular flexibility index (Phi) is 11.9. The molecule has 2 amide bonds. The Morgan fingerprint density at radius 1 is 0.868 bits per heavy atom. The summed E-state index contributed by atoms with van der Waals surface area (Å²) in [5.41, 5.74) is 8.53. The van der Waals surface area contributed by atoms with E-state index in [-0.39, 0.29) is 31.5 Å². The van der Waals surface area contributed by atoms with E-state index in [4.69, 9.17) is 16.2 Å². The highest BCUT2D eigenvalue weighted by Gasteiger charge is 2.28. The standard InChI is InChI=1S/C27H35N5O6/c1-17(28)30-15-5-8-22(27(37)38)31-26(36)23(32-25(35)21(29)13-14-24(33)34)16-18-9-11-20(12-10-18)19-6-3-2-4-7-19/h2-4,6-7,9-12,21-23H,5,8,13-16,29H2,1H3,(H2,28,30)(H,31,36)(H,32,35)(H,33,34)(H,37,38). The first-order chi connectivity index (χ1) is 18.1. The molecular formula is C27H35N5O6. The highest BCUT2D eigenvalue weighted by Crippen LogP contribution is 2.20. The van der Waals surface area contributed by atoms with Crippen LogP contribution in [0.3, 0.4) is 0 Å². The van der Waals surface area contributed by atoms with E-state index in [1.54, 1.807) is 6.92 Å². The molecule has 0 aromatic heterocycles. The van der Waals surface area contributed by atoms with Gasteiger partial charge >= 0.3 is 11.9 Å². The zero-order valence-corrected chi connectivity index (χ0v) is 21.3. The number of carboxylic acids is 2. The molecule has 2 rings (SSSR count). The molecule has 0 bridgehead atoms. The Labute approximate surface area is 221 Å². The molecule has 0 heterocycles. The number of carbonyl (C=O) groups is 4. The Morgan fingerprint density at radius 3 is 2.05 bits per heavy atom. The van der Waals surface area contributed by atoms with Crippen molar-refractivity contribution in [2.45, 2.75) is 57.2 Å². The number of hydrogen-bond acceptors (Lipinski definition) is 6. The van der Waals surface area contributed by atoms with Gasteiger partial charge in [0.05, 0.1) is 11.9 Å². The summed E-state index contributed by atoms with van der Waals surface area (Å²) < 4.78 is 0. The van der Waals surface area contributed by atoms with Gasteiger partial charge in [-0.3, -0.25) is 19.8 Å². The molecular weight excluding hydrogens is 490 g/mol. The fourth-order valence-corrected chi connectivity index (χ4v) is 3.71. The maximum absolute atomic E-state index is 13.1. The number of carboxylic acid groups (broad SMARTS) is 2. The summed E-state index contributed by atoms with van der Waals surface area (Å²) in [6, 6.07) is 13.6. The van der Waals surface area contributed by atoms with E-state index in [9.17, 15) is 24.3 Å². The van der Waals surface area contributed by atoms with Crippen molar-refractivity contribution in [3.05, 3.63) is 60.2 Å². The summed E-state index contributed by atoms with van der Waals surface area (Å²) >= 11 is 0. The number of aliphatic carboxylic acids is 2. The van der Waals surface area contributed by atoms with Crippen LogP contribution in [0.25, 0.3) is 11.1 Å². The maximum atomic E-state index is 13.1. The number of carbonyl (C=O) groups excluding carboxylic acids is 2. The van der Waals surface area contributed by atoms with Gasteiger partial charge in [0.2, 0.25) is 11.8 Å². The van der Waals surface area contributed by atoms with Crippen LogP contribution in [0.2, 0.25) is 0 Å². The molecule has 3 atom stereocenters. The van der Waals surface area contributed by atoms with Crippen LogP contribution in [0.5, 0.6) is 0 Å². The molecule has 3 unspecified atom stereocenters. The third-order valence-electron chi connectivity index (χ3n) is 5.81. The van der Waals surface area contributed by atoms with Crippen LogP contribution in [0.15, 0.2) is 54.6 Å². The van der Waals surface area contributed by atoms with Gasteiger partial charge < -0.3 is 31.9 Å². The summed E-state index contributed by atoms with van der Waals surface area (Å²) in [5.74, 6) is -3.47. The Hall–Kier alpha value is -4.25. The van der Waals surface area contributed by atoms with Crippen LogP contribution in [-0.2, 0) is 25.6 Å². The van der Waals surface area contributed by atoms with Gasteiger partial charge in [0, 0.05) is 19.4 Å². The van der Waals surface area contributed by atoms with Crippen molar-refractivity contribution in [2.75, 3.05) is 6.54 Å². The first kappa shape index (κ1) is 30.0. The minimum atomic E-state index is -1.22. The largest absolute Gasteiger partial charge is 0.481 e. The van der Waals surface area contributed by atoms with Gasteiger partial charge in [-0.15, -0.1) is 0 Å². The van der Waals surface area contributed by atoms with E-state index in [1.165, 1.54) is 0 Å². The van der Waals surface area contributed by atoms with E-state index >= 15 is 0 Å². The molecule has 0 spiro atoms. The second kappa shape index (κ2) is 15.1. The molecule has 0 fully saturated rings. The van der Waals surface area contributed by atoms with Gasteiger partial charge in [-0.2, -0.15) is 0 Å². The van der Waals surface area contributed by atoms with Crippen molar-refractivity contribution in [3.8, 4) is 11.1 Å². The molecule has 0 radical (unpaired) electrons. The molecule has 0 aliphatic heterocycles. The van der Waals surface area contributed by atoms with Crippen LogP contribution in [0, 0.1) is 5.41 Å². The third kappa shape index (κ3) is 10.4. The predicted molar refractivity (Wildman–Crippen MR) is 143 cm³/mol. The number of hydrogen-bond donors (Lipinski definition) is 7. The van der Waals surface area contributed by atoms with Crippen molar-refractivity contribution < 1.29 is 29.4 Å². The van der Waals surface area contributed by atoms with Crippen molar-refractivity contribution in [1.29, 1.82) is 5.41 Å². The molecule has 11 heteroatoms. The predicted octanol–water partition coefficient (Wildman–Crippen LogP) is 1.51. The molecule has 0 aliphatic rings. The number of rotatable bonds is 15. The van der Waals surface area contributed by atoms with Gasteiger partial charge in [0.1, 0.15) is 12.1 Å². The zero-order chi connectivity index (χ0) is 28.1. The first-order valence-electron chi connectivity index (χ1n) is 12.3. The molecule has 0 saturated heterocycles. The minimum Gasteiger partial charge on any atom is -0.481 e. The number of amides is 2. The van der Waals surface area contributed by atoms with Crippen molar-refractivity contribution in [1.82, 2.24) is 16.0 Å². The molecule has 2 aromatic carbocycles.